The minimum absolute atomic E-state index is 0.0384. The first-order chi connectivity index (χ1) is 22.0. The molecule has 4 aromatic rings. The Morgan fingerprint density at radius 2 is 1.44 bits per heavy atom. The summed E-state index contributed by atoms with van der Waals surface area (Å²) >= 11 is 6.03. The molecule has 234 valence electrons. The van der Waals surface area contributed by atoms with Gasteiger partial charge in [0, 0.05) is 36.6 Å². The average molecular weight is 628 g/mol. The maximum absolute atomic E-state index is 13.4. The third-order valence-corrected chi connectivity index (χ3v) is 8.09. The molecule has 0 saturated heterocycles. The first-order valence-electron chi connectivity index (χ1n) is 15.1. The number of hydrogen-bond donors (Lipinski definition) is 2. The molecule has 0 radical (unpaired) electrons. The van der Waals surface area contributed by atoms with Gasteiger partial charge in [0.25, 0.3) is 0 Å². The van der Waals surface area contributed by atoms with Crippen molar-refractivity contribution in [3.8, 4) is 11.1 Å². The normalized spacial score (nSPS) is 12.6. The van der Waals surface area contributed by atoms with Crippen molar-refractivity contribution >= 4 is 23.8 Å². The highest BCUT2D eigenvalue weighted by atomic mass is 35.5. The number of benzene rings is 4. The van der Waals surface area contributed by atoms with E-state index in [0.29, 0.717) is 24.5 Å². The van der Waals surface area contributed by atoms with E-state index in [1.807, 2.05) is 66.7 Å². The van der Waals surface area contributed by atoms with E-state index in [2.05, 4.69) is 29.6 Å². The van der Waals surface area contributed by atoms with Crippen LogP contribution >= 0.6 is 11.6 Å². The van der Waals surface area contributed by atoms with Gasteiger partial charge in [0.05, 0.1) is 13.2 Å². The summed E-state index contributed by atoms with van der Waals surface area (Å²) in [4.78, 5) is 27.0. The molecule has 1 aliphatic carbocycles. The number of hydrogen-bond acceptors (Lipinski definition) is 6. The zero-order valence-electron chi connectivity index (χ0n) is 25.1. The smallest absolute Gasteiger partial charge is 0.409 e. The van der Waals surface area contributed by atoms with Crippen LogP contribution in [0.5, 0.6) is 0 Å². The van der Waals surface area contributed by atoms with E-state index in [-0.39, 0.29) is 44.9 Å². The lowest BCUT2D eigenvalue weighted by atomic mass is 9.98. The maximum atomic E-state index is 13.4. The van der Waals surface area contributed by atoms with Crippen molar-refractivity contribution in [3.05, 3.63) is 130 Å². The van der Waals surface area contributed by atoms with Gasteiger partial charge >= 0.3 is 12.2 Å². The van der Waals surface area contributed by atoms with Crippen molar-refractivity contribution < 1.29 is 23.8 Å². The Morgan fingerprint density at radius 1 is 0.800 bits per heavy atom. The molecular formula is C36H38ClN3O5. The van der Waals surface area contributed by atoms with Crippen molar-refractivity contribution in [1.29, 1.82) is 0 Å². The number of halogens is 1. The quantitative estimate of drug-likeness (QED) is 0.147. The van der Waals surface area contributed by atoms with Crippen LogP contribution in [0.1, 0.15) is 40.6 Å². The van der Waals surface area contributed by atoms with E-state index in [0.717, 1.165) is 22.3 Å². The molecule has 9 heteroatoms. The van der Waals surface area contributed by atoms with Crippen molar-refractivity contribution in [2.75, 3.05) is 39.5 Å². The van der Waals surface area contributed by atoms with Gasteiger partial charge in [0.15, 0.2) is 0 Å². The molecule has 0 spiro atoms. The monoisotopic (exact) mass is 627 g/mol. The summed E-state index contributed by atoms with van der Waals surface area (Å²) in [5, 5.41) is 3.32. The lowest BCUT2D eigenvalue weighted by Gasteiger charge is -2.25. The molecule has 0 unspecified atom stereocenters. The van der Waals surface area contributed by atoms with Crippen LogP contribution in [-0.2, 0) is 20.8 Å². The van der Waals surface area contributed by atoms with Gasteiger partial charge in [-0.3, -0.25) is 0 Å². The minimum Gasteiger partial charge on any atom is -0.448 e. The fourth-order valence-corrected chi connectivity index (χ4v) is 5.55. The van der Waals surface area contributed by atoms with Crippen LogP contribution in [0, 0.1) is 0 Å². The Hall–Kier alpha value is -4.37. The number of alkyl carbamates (subject to hydrolysis) is 1. The first kappa shape index (κ1) is 32.0. The third kappa shape index (κ3) is 8.85. The molecule has 8 nitrogen and oxygen atoms in total. The Morgan fingerprint density at radius 3 is 2.13 bits per heavy atom. The third-order valence-electron chi connectivity index (χ3n) is 7.84. The van der Waals surface area contributed by atoms with Crippen LogP contribution in [0.3, 0.4) is 0 Å². The number of amides is 2. The Balaban J connectivity index is 1.12. The zero-order chi connectivity index (χ0) is 31.4. The van der Waals surface area contributed by atoms with E-state index in [1.165, 1.54) is 11.1 Å². The molecule has 5 rings (SSSR count). The fourth-order valence-electron chi connectivity index (χ4n) is 5.43. The Bertz CT molecular complexity index is 1500. The highest BCUT2D eigenvalue weighted by Gasteiger charge is 2.29. The maximum Gasteiger partial charge on any atom is 0.409 e. The standard InChI is InChI=1S/C36H38ClN3O5/c37-28-16-14-27(15-17-28)34(38)18-20-40(21-23-43-22-19-39-35(41)44-24-26-8-2-1-3-9-26)36(42)45-25-33-31-12-6-4-10-29(31)30-11-5-7-13-32(30)33/h1-17,33-34H,18-25,38H2,(H,39,41)/t34-/m0/s1. The number of nitrogens with one attached hydrogen (secondary N) is 1. The average Bonchev–Trinajstić information content (AvgIpc) is 3.39. The van der Waals surface area contributed by atoms with Crippen LogP contribution in [0.25, 0.3) is 11.1 Å². The number of carbonyl (C=O) groups excluding carboxylic acids is 2. The molecule has 0 bridgehead atoms. The lowest BCUT2D eigenvalue weighted by molar-refractivity contribution is 0.0724. The van der Waals surface area contributed by atoms with Gasteiger partial charge in [0.1, 0.15) is 13.2 Å². The Kier molecular flexibility index (Phi) is 11.5. The number of fused-ring (bicyclic) bond motifs is 3. The molecule has 45 heavy (non-hydrogen) atoms. The summed E-state index contributed by atoms with van der Waals surface area (Å²) < 4.78 is 16.9. The second-order valence-electron chi connectivity index (χ2n) is 10.8. The van der Waals surface area contributed by atoms with E-state index in [1.54, 1.807) is 17.0 Å². The summed E-state index contributed by atoms with van der Waals surface area (Å²) in [6.45, 7) is 1.92. The second kappa shape index (κ2) is 16.1. The molecule has 1 aliphatic rings. The van der Waals surface area contributed by atoms with Crippen molar-refractivity contribution in [1.82, 2.24) is 10.2 Å². The van der Waals surface area contributed by atoms with Crippen molar-refractivity contribution in [2.45, 2.75) is 25.0 Å². The molecule has 0 saturated carbocycles. The van der Waals surface area contributed by atoms with Gasteiger partial charge in [0.2, 0.25) is 0 Å². The molecule has 0 fully saturated rings. The summed E-state index contributed by atoms with van der Waals surface area (Å²) in [6, 6.07) is 33.1. The number of nitrogens with two attached hydrogens (primary N) is 1. The number of carbonyl (C=O) groups is 2. The second-order valence-corrected chi connectivity index (χ2v) is 11.3. The molecule has 0 heterocycles. The van der Waals surface area contributed by atoms with Crippen LogP contribution in [0.4, 0.5) is 9.59 Å². The SMILES string of the molecule is N[C@@H](CCN(CCOCCNC(=O)OCc1ccccc1)C(=O)OCC1c2ccccc2-c2ccccc21)c1ccc(Cl)cc1. The summed E-state index contributed by atoms with van der Waals surface area (Å²) in [5.41, 5.74) is 13.0. The van der Waals surface area contributed by atoms with Gasteiger partial charge in [-0.15, -0.1) is 0 Å². The highest BCUT2D eigenvalue weighted by molar-refractivity contribution is 6.30. The predicted molar refractivity (Wildman–Crippen MR) is 175 cm³/mol. The van der Waals surface area contributed by atoms with E-state index >= 15 is 0 Å². The van der Waals surface area contributed by atoms with Crippen LogP contribution in [0.15, 0.2) is 103 Å². The van der Waals surface area contributed by atoms with Crippen LogP contribution < -0.4 is 11.1 Å². The number of ether oxygens (including phenoxy) is 3. The predicted octanol–water partition coefficient (Wildman–Crippen LogP) is 6.92. The molecule has 0 aromatic heterocycles. The van der Waals surface area contributed by atoms with Gasteiger partial charge < -0.3 is 30.2 Å². The largest absolute Gasteiger partial charge is 0.448 e. The van der Waals surface area contributed by atoms with Crippen molar-refractivity contribution in [3.63, 3.8) is 0 Å². The summed E-state index contributed by atoms with van der Waals surface area (Å²) in [6.07, 6.45) is -0.411. The Labute approximate surface area is 269 Å². The van der Waals surface area contributed by atoms with Gasteiger partial charge in [-0.05, 0) is 51.9 Å². The fraction of sp³-hybridized carbons (Fsp3) is 0.278. The van der Waals surface area contributed by atoms with Crippen LogP contribution in [-0.4, -0.2) is 56.5 Å². The van der Waals surface area contributed by atoms with Crippen LogP contribution in [0.2, 0.25) is 5.02 Å². The van der Waals surface area contributed by atoms with Gasteiger partial charge in [-0.2, -0.15) is 0 Å². The molecule has 3 N–H and O–H groups in total. The highest BCUT2D eigenvalue weighted by Crippen LogP contribution is 2.44. The number of rotatable bonds is 14. The van der Waals surface area contributed by atoms with E-state index in [4.69, 9.17) is 31.5 Å². The minimum atomic E-state index is -0.515. The topological polar surface area (TPSA) is 103 Å². The molecular weight excluding hydrogens is 590 g/mol. The first-order valence-corrected chi connectivity index (χ1v) is 15.5. The summed E-state index contributed by atoms with van der Waals surface area (Å²) in [5.74, 6) is -0.0384. The van der Waals surface area contributed by atoms with E-state index < -0.39 is 12.2 Å². The molecule has 4 aromatic carbocycles. The number of nitrogens with zero attached hydrogens (tertiary/aromatic N) is 1. The lowest BCUT2D eigenvalue weighted by Crippen LogP contribution is -2.37. The summed E-state index contributed by atoms with van der Waals surface area (Å²) in [7, 11) is 0. The van der Waals surface area contributed by atoms with E-state index in [9.17, 15) is 9.59 Å². The molecule has 2 amide bonds. The zero-order valence-corrected chi connectivity index (χ0v) is 25.8. The molecule has 0 aliphatic heterocycles. The van der Waals surface area contributed by atoms with Gasteiger partial charge in [-0.25, -0.2) is 9.59 Å². The van der Waals surface area contributed by atoms with Gasteiger partial charge in [-0.1, -0.05) is 103 Å². The van der Waals surface area contributed by atoms with Crippen molar-refractivity contribution in [2.24, 2.45) is 5.73 Å². The molecule has 1 atom stereocenters.